The van der Waals surface area contributed by atoms with Gasteiger partial charge in [0, 0.05) is 0 Å². The Hall–Kier alpha value is -0.340. The monoisotopic (exact) mass is 250 g/mol. The lowest BCUT2D eigenvalue weighted by atomic mass is 9.95. The van der Waals surface area contributed by atoms with Crippen LogP contribution in [0.2, 0.25) is 0 Å². The van der Waals surface area contributed by atoms with E-state index in [1.54, 1.807) is 0 Å². The third kappa shape index (κ3) is 3.16. The largest absolute Gasteiger partial charge is 0.379 e. The van der Waals surface area contributed by atoms with Crippen LogP contribution in [0.15, 0.2) is 12.2 Å². The second-order valence-corrected chi connectivity index (χ2v) is 6.25. The molecule has 2 saturated carbocycles. The zero-order chi connectivity index (χ0) is 12.2. The molecule has 0 aromatic carbocycles. The number of rotatable bonds is 6. The molecule has 0 aromatic heterocycles. The summed E-state index contributed by atoms with van der Waals surface area (Å²) in [4.78, 5) is 0. The van der Waals surface area contributed by atoms with E-state index in [0.717, 1.165) is 37.6 Å². The summed E-state index contributed by atoms with van der Waals surface area (Å²) in [6, 6.07) is 0. The highest BCUT2D eigenvalue weighted by Crippen LogP contribution is 2.43. The van der Waals surface area contributed by atoms with Crippen molar-refractivity contribution in [2.24, 2.45) is 17.8 Å². The van der Waals surface area contributed by atoms with E-state index >= 15 is 0 Å². The Balaban J connectivity index is 1.24. The van der Waals surface area contributed by atoms with E-state index in [2.05, 4.69) is 12.2 Å². The molecule has 2 fully saturated rings. The smallest absolute Gasteiger partial charge is 0.0704 e. The molecule has 18 heavy (non-hydrogen) atoms. The zero-order valence-corrected chi connectivity index (χ0v) is 11.4. The molecule has 0 N–H and O–H groups in total. The molecule has 2 nitrogen and oxygen atoms in total. The summed E-state index contributed by atoms with van der Waals surface area (Å²) in [5, 5.41) is 0. The van der Waals surface area contributed by atoms with Crippen molar-refractivity contribution >= 4 is 0 Å². The minimum absolute atomic E-state index is 0.521. The van der Waals surface area contributed by atoms with Crippen molar-refractivity contribution in [3.8, 4) is 0 Å². The molecular weight excluding hydrogens is 224 g/mol. The van der Waals surface area contributed by atoms with Gasteiger partial charge in [-0.05, 0) is 43.4 Å². The van der Waals surface area contributed by atoms with Gasteiger partial charge in [0.25, 0.3) is 0 Å². The molecule has 3 atom stereocenters. The summed E-state index contributed by atoms with van der Waals surface area (Å²) in [7, 11) is 0. The summed E-state index contributed by atoms with van der Waals surface area (Å²) in [5.41, 5.74) is 0. The van der Waals surface area contributed by atoms with Crippen LogP contribution in [0.1, 0.15) is 44.9 Å². The molecule has 3 rings (SSSR count). The molecule has 0 saturated heterocycles. The van der Waals surface area contributed by atoms with Gasteiger partial charge in [0.1, 0.15) is 0 Å². The van der Waals surface area contributed by atoms with Gasteiger partial charge in [0.2, 0.25) is 0 Å². The maximum absolute atomic E-state index is 5.87. The van der Waals surface area contributed by atoms with Gasteiger partial charge in [0.05, 0.1) is 25.9 Å². The van der Waals surface area contributed by atoms with Gasteiger partial charge in [-0.25, -0.2) is 0 Å². The first kappa shape index (κ1) is 12.7. The Kier molecular flexibility index (Phi) is 4.37. The molecular formula is C16H26O2. The van der Waals surface area contributed by atoms with E-state index in [1.807, 2.05) is 0 Å². The molecule has 0 radical (unpaired) electrons. The number of hydrogen-bond donors (Lipinski definition) is 0. The minimum atomic E-state index is 0.521. The Morgan fingerprint density at radius 1 is 0.944 bits per heavy atom. The second-order valence-electron chi connectivity index (χ2n) is 6.25. The maximum atomic E-state index is 5.87. The highest BCUT2D eigenvalue weighted by Gasteiger charge is 2.35. The van der Waals surface area contributed by atoms with Crippen molar-refractivity contribution in [1.82, 2.24) is 0 Å². The SMILES string of the molecule is C1=CC2CC1CC2COCCOC1CCCCC1. The van der Waals surface area contributed by atoms with Crippen LogP contribution in [0.25, 0.3) is 0 Å². The molecule has 2 bridgehead atoms. The van der Waals surface area contributed by atoms with Crippen molar-refractivity contribution in [2.75, 3.05) is 19.8 Å². The number of allylic oxidation sites excluding steroid dienone is 2. The quantitative estimate of drug-likeness (QED) is 0.530. The molecule has 3 aliphatic rings. The first-order valence-corrected chi connectivity index (χ1v) is 7.79. The fourth-order valence-electron chi connectivity index (χ4n) is 3.83. The summed E-state index contributed by atoms with van der Waals surface area (Å²) in [6.45, 7) is 2.52. The normalized spacial score (nSPS) is 35.4. The predicted octanol–water partition coefficient (Wildman–Crippen LogP) is 3.56. The van der Waals surface area contributed by atoms with Crippen molar-refractivity contribution in [2.45, 2.75) is 51.0 Å². The lowest BCUT2D eigenvalue weighted by Crippen LogP contribution is -2.21. The Morgan fingerprint density at radius 3 is 2.56 bits per heavy atom. The first-order valence-electron chi connectivity index (χ1n) is 7.79. The summed E-state index contributed by atoms with van der Waals surface area (Å²) < 4.78 is 11.7. The van der Waals surface area contributed by atoms with Gasteiger partial charge in [-0.15, -0.1) is 0 Å². The molecule has 102 valence electrons. The highest BCUT2D eigenvalue weighted by atomic mass is 16.5. The van der Waals surface area contributed by atoms with Crippen LogP contribution < -0.4 is 0 Å². The second kappa shape index (κ2) is 6.21. The lowest BCUT2D eigenvalue weighted by Gasteiger charge is -2.22. The van der Waals surface area contributed by atoms with Gasteiger partial charge in [0.15, 0.2) is 0 Å². The third-order valence-corrected chi connectivity index (χ3v) is 4.88. The fourth-order valence-corrected chi connectivity index (χ4v) is 3.83. The maximum Gasteiger partial charge on any atom is 0.0704 e. The Labute approximate surface area is 111 Å². The van der Waals surface area contributed by atoms with E-state index in [4.69, 9.17) is 9.47 Å². The first-order chi connectivity index (χ1) is 8.92. The molecule has 3 unspecified atom stereocenters. The van der Waals surface area contributed by atoms with E-state index in [9.17, 15) is 0 Å². The van der Waals surface area contributed by atoms with Crippen molar-refractivity contribution in [3.63, 3.8) is 0 Å². The van der Waals surface area contributed by atoms with Crippen molar-refractivity contribution in [1.29, 1.82) is 0 Å². The molecule has 0 aliphatic heterocycles. The fraction of sp³-hybridized carbons (Fsp3) is 0.875. The zero-order valence-electron chi connectivity index (χ0n) is 11.4. The van der Waals surface area contributed by atoms with Gasteiger partial charge in [-0.1, -0.05) is 31.4 Å². The van der Waals surface area contributed by atoms with Crippen LogP contribution in [0.5, 0.6) is 0 Å². The molecule has 2 heteroatoms. The van der Waals surface area contributed by atoms with E-state index in [0.29, 0.717) is 6.10 Å². The number of hydrogen-bond acceptors (Lipinski definition) is 2. The molecule has 0 aromatic rings. The third-order valence-electron chi connectivity index (χ3n) is 4.88. The Bertz CT molecular complexity index is 281. The van der Waals surface area contributed by atoms with Gasteiger partial charge in [-0.2, -0.15) is 0 Å². The van der Waals surface area contributed by atoms with Crippen molar-refractivity contribution in [3.05, 3.63) is 12.2 Å². The predicted molar refractivity (Wildman–Crippen MR) is 72.5 cm³/mol. The molecule has 0 spiro atoms. The average Bonchev–Trinajstić information content (AvgIpc) is 3.02. The molecule has 0 heterocycles. The van der Waals surface area contributed by atoms with Crippen molar-refractivity contribution < 1.29 is 9.47 Å². The summed E-state index contributed by atoms with van der Waals surface area (Å²) >= 11 is 0. The van der Waals surface area contributed by atoms with Crippen LogP contribution in [0.4, 0.5) is 0 Å². The van der Waals surface area contributed by atoms with Crippen LogP contribution in [-0.4, -0.2) is 25.9 Å². The number of ether oxygens (including phenoxy) is 2. The average molecular weight is 250 g/mol. The standard InChI is InChI=1S/C16H26O2/c1-2-4-16(5-3-1)18-9-8-17-12-15-11-13-6-7-14(15)10-13/h6-7,13-16H,1-5,8-12H2. The lowest BCUT2D eigenvalue weighted by molar-refractivity contribution is -0.0176. The molecule has 0 amide bonds. The molecule has 3 aliphatic carbocycles. The van der Waals surface area contributed by atoms with Crippen LogP contribution in [-0.2, 0) is 9.47 Å². The summed E-state index contributed by atoms with van der Waals surface area (Å²) in [5.74, 6) is 2.46. The van der Waals surface area contributed by atoms with Crippen LogP contribution in [0, 0.1) is 17.8 Å². The van der Waals surface area contributed by atoms with Gasteiger partial charge >= 0.3 is 0 Å². The van der Waals surface area contributed by atoms with Gasteiger partial charge in [-0.3, -0.25) is 0 Å². The summed E-state index contributed by atoms with van der Waals surface area (Å²) in [6.07, 6.45) is 14.7. The number of fused-ring (bicyclic) bond motifs is 2. The highest BCUT2D eigenvalue weighted by molar-refractivity contribution is 5.09. The van der Waals surface area contributed by atoms with Crippen LogP contribution >= 0.6 is 0 Å². The van der Waals surface area contributed by atoms with E-state index in [1.165, 1.54) is 44.9 Å². The van der Waals surface area contributed by atoms with E-state index < -0.39 is 0 Å². The van der Waals surface area contributed by atoms with Gasteiger partial charge < -0.3 is 9.47 Å². The Morgan fingerprint density at radius 2 is 1.83 bits per heavy atom. The minimum Gasteiger partial charge on any atom is -0.379 e. The topological polar surface area (TPSA) is 18.5 Å². The van der Waals surface area contributed by atoms with Crippen LogP contribution in [0.3, 0.4) is 0 Å². The van der Waals surface area contributed by atoms with E-state index in [-0.39, 0.29) is 0 Å².